The molecule has 0 unspecified atom stereocenters. The van der Waals surface area contributed by atoms with Crippen LogP contribution in [0.1, 0.15) is 23.7 Å². The lowest BCUT2D eigenvalue weighted by Crippen LogP contribution is -2.30. The Balaban J connectivity index is 1.84. The molecule has 0 radical (unpaired) electrons. The Hall–Kier alpha value is -3.05. The van der Waals surface area contributed by atoms with E-state index in [1.165, 1.54) is 30.2 Å². The van der Waals surface area contributed by atoms with Crippen LogP contribution in [0.25, 0.3) is 0 Å². The van der Waals surface area contributed by atoms with Gasteiger partial charge in [-0.3, -0.25) is 14.9 Å². The number of thioether (sulfide) groups is 1. The molecule has 0 aliphatic carbocycles. The third kappa shape index (κ3) is 3.72. The fourth-order valence-electron chi connectivity index (χ4n) is 2.58. The topological polar surface area (TPSA) is 109 Å². The lowest BCUT2D eigenvalue weighted by atomic mass is 9.92. The fourth-order valence-corrected chi connectivity index (χ4v) is 3.60. The van der Waals surface area contributed by atoms with E-state index in [0.29, 0.717) is 22.1 Å². The average molecular weight is 355 g/mol. The monoisotopic (exact) mass is 355 g/mol. The van der Waals surface area contributed by atoms with E-state index < -0.39 is 10.8 Å². The summed E-state index contributed by atoms with van der Waals surface area (Å²) in [7, 11) is 0. The highest BCUT2D eigenvalue weighted by molar-refractivity contribution is 8.02. The van der Waals surface area contributed by atoms with Gasteiger partial charge >= 0.3 is 0 Å². The summed E-state index contributed by atoms with van der Waals surface area (Å²) in [6.45, 7) is 0. The van der Waals surface area contributed by atoms with Crippen LogP contribution in [0.4, 0.5) is 5.69 Å². The zero-order chi connectivity index (χ0) is 17.8. The molecule has 1 aliphatic rings. The van der Waals surface area contributed by atoms with Gasteiger partial charge in [-0.05, 0) is 17.7 Å². The molecular formula is C17H13N3O4S. The summed E-state index contributed by atoms with van der Waals surface area (Å²) in [5, 5.41) is 23.6. The molecule has 1 aromatic carbocycles. The van der Waals surface area contributed by atoms with Gasteiger partial charge in [0.25, 0.3) is 5.69 Å². The van der Waals surface area contributed by atoms with Gasteiger partial charge in [0.2, 0.25) is 5.91 Å². The summed E-state index contributed by atoms with van der Waals surface area (Å²) >= 11 is 1.27. The van der Waals surface area contributed by atoms with Crippen molar-refractivity contribution in [2.45, 2.75) is 18.1 Å². The normalized spacial score (nSPS) is 17.1. The van der Waals surface area contributed by atoms with Gasteiger partial charge in [-0.15, -0.1) is 11.8 Å². The van der Waals surface area contributed by atoms with Gasteiger partial charge < -0.3 is 9.73 Å². The molecule has 7 nitrogen and oxygen atoms in total. The molecule has 2 aromatic rings. The lowest BCUT2D eigenvalue weighted by Gasteiger charge is -2.23. The molecule has 0 spiro atoms. The van der Waals surface area contributed by atoms with Crippen molar-refractivity contribution in [2.75, 3.05) is 0 Å². The molecule has 8 heteroatoms. The first kappa shape index (κ1) is 16.8. The Morgan fingerprint density at radius 1 is 1.40 bits per heavy atom. The first-order chi connectivity index (χ1) is 12.1. The smallest absolute Gasteiger partial charge is 0.269 e. The maximum atomic E-state index is 12.0. The van der Waals surface area contributed by atoms with Crippen LogP contribution < -0.4 is 5.32 Å². The fraction of sp³-hybridized carbons (Fsp3) is 0.176. The SMILES string of the molecule is N#CC1=C(SCc2cccc([N+](=O)[O-])c2)NC(=O)C[C@@H]1c1ccco1. The second kappa shape index (κ2) is 7.23. The number of furan rings is 1. The molecule has 1 aromatic heterocycles. The summed E-state index contributed by atoms with van der Waals surface area (Å²) in [6.07, 6.45) is 1.66. The number of nitro groups is 1. The standard InChI is InChI=1S/C17H13N3O4S/c18-9-14-13(15-5-2-6-24-15)8-16(21)19-17(14)25-10-11-3-1-4-12(7-11)20(22)23/h1-7,13H,8,10H2,(H,19,21)/t13-/m0/s1. The van der Waals surface area contributed by atoms with Crippen LogP contribution >= 0.6 is 11.8 Å². The molecule has 0 bridgehead atoms. The van der Waals surface area contributed by atoms with Crippen LogP contribution in [0.5, 0.6) is 0 Å². The maximum absolute atomic E-state index is 12.0. The summed E-state index contributed by atoms with van der Waals surface area (Å²) in [5.41, 5.74) is 1.18. The van der Waals surface area contributed by atoms with Gasteiger partial charge in [0, 0.05) is 24.3 Å². The van der Waals surface area contributed by atoms with Gasteiger partial charge in [0.15, 0.2) is 0 Å². The van der Waals surface area contributed by atoms with E-state index >= 15 is 0 Å². The number of nitro benzene ring substituents is 1. The molecule has 0 saturated carbocycles. The Kier molecular flexibility index (Phi) is 4.86. The number of hydrogen-bond acceptors (Lipinski definition) is 6. The predicted octanol–water partition coefficient (Wildman–Crippen LogP) is 3.46. The van der Waals surface area contributed by atoms with Gasteiger partial charge in [0.05, 0.1) is 33.8 Å². The highest BCUT2D eigenvalue weighted by Gasteiger charge is 2.31. The minimum atomic E-state index is -0.455. The van der Waals surface area contributed by atoms with Crippen molar-refractivity contribution >= 4 is 23.4 Å². The van der Waals surface area contributed by atoms with Crippen molar-refractivity contribution in [2.24, 2.45) is 0 Å². The van der Waals surface area contributed by atoms with Crippen LogP contribution in [-0.4, -0.2) is 10.8 Å². The molecular weight excluding hydrogens is 342 g/mol. The number of rotatable bonds is 5. The summed E-state index contributed by atoms with van der Waals surface area (Å²) in [4.78, 5) is 22.4. The zero-order valence-electron chi connectivity index (χ0n) is 13.0. The van der Waals surface area contributed by atoms with Crippen molar-refractivity contribution in [3.63, 3.8) is 0 Å². The quantitative estimate of drug-likeness (QED) is 0.650. The number of carbonyl (C=O) groups is 1. The predicted molar refractivity (Wildman–Crippen MR) is 91.2 cm³/mol. The van der Waals surface area contributed by atoms with Crippen molar-refractivity contribution < 1.29 is 14.1 Å². The Labute approximate surface area is 147 Å². The zero-order valence-corrected chi connectivity index (χ0v) is 13.8. The van der Waals surface area contributed by atoms with E-state index in [-0.39, 0.29) is 18.0 Å². The van der Waals surface area contributed by atoms with Crippen LogP contribution in [0.2, 0.25) is 0 Å². The van der Waals surface area contributed by atoms with Crippen molar-refractivity contribution in [3.05, 3.63) is 74.7 Å². The van der Waals surface area contributed by atoms with Gasteiger partial charge in [-0.25, -0.2) is 0 Å². The van der Waals surface area contributed by atoms with Crippen LogP contribution in [0, 0.1) is 21.4 Å². The molecule has 3 rings (SSSR count). The lowest BCUT2D eigenvalue weighted by molar-refractivity contribution is -0.384. The van der Waals surface area contributed by atoms with Crippen LogP contribution in [-0.2, 0) is 10.5 Å². The summed E-state index contributed by atoms with van der Waals surface area (Å²) in [6, 6.07) is 11.9. The van der Waals surface area contributed by atoms with E-state index in [1.54, 1.807) is 24.3 Å². The second-order valence-corrected chi connectivity index (χ2v) is 6.38. The highest BCUT2D eigenvalue weighted by Crippen LogP contribution is 2.37. The minimum Gasteiger partial charge on any atom is -0.469 e. The minimum absolute atomic E-state index is 0.00808. The van der Waals surface area contributed by atoms with E-state index in [2.05, 4.69) is 11.4 Å². The van der Waals surface area contributed by atoms with Gasteiger partial charge in [-0.1, -0.05) is 12.1 Å². The summed E-state index contributed by atoms with van der Waals surface area (Å²) in [5.74, 6) is 0.357. The second-order valence-electron chi connectivity index (χ2n) is 5.39. The van der Waals surface area contributed by atoms with Crippen molar-refractivity contribution in [1.82, 2.24) is 5.32 Å². The molecule has 1 N–H and O–H groups in total. The van der Waals surface area contributed by atoms with E-state index in [4.69, 9.17) is 4.42 Å². The first-order valence-electron chi connectivity index (χ1n) is 7.42. The number of allylic oxidation sites excluding steroid dienone is 1. The molecule has 0 fully saturated rings. The first-order valence-corrected chi connectivity index (χ1v) is 8.40. The van der Waals surface area contributed by atoms with Gasteiger partial charge in [-0.2, -0.15) is 5.26 Å². The largest absolute Gasteiger partial charge is 0.469 e. The van der Waals surface area contributed by atoms with E-state index in [0.717, 1.165) is 5.56 Å². The number of nitriles is 1. The molecule has 0 saturated heterocycles. The average Bonchev–Trinajstić information content (AvgIpc) is 3.14. The number of carbonyl (C=O) groups excluding carboxylic acids is 1. The van der Waals surface area contributed by atoms with Crippen LogP contribution in [0.3, 0.4) is 0 Å². The Bertz CT molecular complexity index is 884. The Morgan fingerprint density at radius 2 is 2.24 bits per heavy atom. The number of nitrogens with zero attached hydrogens (tertiary/aromatic N) is 2. The highest BCUT2D eigenvalue weighted by atomic mass is 32.2. The number of amides is 1. The van der Waals surface area contributed by atoms with E-state index in [9.17, 15) is 20.2 Å². The number of nitrogens with one attached hydrogen (secondary N) is 1. The van der Waals surface area contributed by atoms with Crippen LogP contribution in [0.15, 0.2) is 57.7 Å². The third-order valence-electron chi connectivity index (χ3n) is 3.75. The third-order valence-corrected chi connectivity index (χ3v) is 4.84. The molecule has 126 valence electrons. The Morgan fingerprint density at radius 3 is 2.92 bits per heavy atom. The maximum Gasteiger partial charge on any atom is 0.269 e. The number of benzene rings is 1. The van der Waals surface area contributed by atoms with Crippen molar-refractivity contribution in [3.8, 4) is 6.07 Å². The molecule has 25 heavy (non-hydrogen) atoms. The summed E-state index contributed by atoms with van der Waals surface area (Å²) < 4.78 is 5.36. The van der Waals surface area contributed by atoms with Crippen molar-refractivity contribution in [1.29, 1.82) is 5.26 Å². The molecule has 2 heterocycles. The number of non-ortho nitro benzene ring substituents is 1. The molecule has 1 aliphatic heterocycles. The molecule has 1 amide bonds. The van der Waals surface area contributed by atoms with Gasteiger partial charge in [0.1, 0.15) is 5.76 Å². The van der Waals surface area contributed by atoms with E-state index in [1.807, 2.05) is 0 Å². The molecule has 1 atom stereocenters. The number of hydrogen-bond donors (Lipinski definition) is 1.